The summed E-state index contributed by atoms with van der Waals surface area (Å²) in [5, 5.41) is 0. The number of sulfone groups is 1. The first-order valence-electron chi connectivity index (χ1n) is 6.73. The number of likely N-dealkylation sites (tertiary alicyclic amines) is 1. The van der Waals surface area contributed by atoms with Crippen LogP contribution in [0.1, 0.15) is 39.0 Å². The number of hydrogen-bond donors (Lipinski definition) is 1. The minimum atomic E-state index is -2.81. The number of hydrogen-bond acceptors (Lipinski definition) is 4. The van der Waals surface area contributed by atoms with E-state index in [1.165, 1.54) is 19.3 Å². The van der Waals surface area contributed by atoms with Crippen LogP contribution in [0, 0.1) is 0 Å². The van der Waals surface area contributed by atoms with Crippen molar-refractivity contribution in [3.05, 3.63) is 0 Å². The van der Waals surface area contributed by atoms with Crippen LogP contribution in [-0.2, 0) is 9.84 Å². The minimum absolute atomic E-state index is 0.257. The molecule has 17 heavy (non-hydrogen) atoms. The Kier molecular flexibility index (Phi) is 6.44. The first-order chi connectivity index (χ1) is 8.09. The zero-order valence-electron chi connectivity index (χ0n) is 10.9. The molecule has 0 aromatic rings. The second kappa shape index (κ2) is 7.34. The van der Waals surface area contributed by atoms with Gasteiger partial charge < -0.3 is 5.73 Å². The van der Waals surface area contributed by atoms with Gasteiger partial charge in [-0.25, -0.2) is 8.42 Å². The molecular weight excluding hydrogens is 236 g/mol. The Morgan fingerprint density at radius 2 is 2.06 bits per heavy atom. The maximum absolute atomic E-state index is 11.4. The van der Waals surface area contributed by atoms with Gasteiger partial charge in [0.2, 0.25) is 0 Å². The van der Waals surface area contributed by atoms with Crippen molar-refractivity contribution in [1.82, 2.24) is 4.90 Å². The van der Waals surface area contributed by atoms with Gasteiger partial charge in [-0.3, -0.25) is 4.90 Å². The average molecular weight is 262 g/mol. The Morgan fingerprint density at radius 3 is 2.71 bits per heavy atom. The van der Waals surface area contributed by atoms with Crippen molar-refractivity contribution in [1.29, 1.82) is 0 Å². The predicted molar refractivity (Wildman–Crippen MR) is 71.8 cm³/mol. The molecule has 0 aromatic heterocycles. The van der Waals surface area contributed by atoms with E-state index in [9.17, 15) is 8.42 Å². The fourth-order valence-corrected chi connectivity index (χ4v) is 3.29. The summed E-state index contributed by atoms with van der Waals surface area (Å²) in [7, 11) is -2.81. The van der Waals surface area contributed by atoms with Crippen molar-refractivity contribution in [2.45, 2.75) is 45.1 Å². The van der Waals surface area contributed by atoms with E-state index in [-0.39, 0.29) is 5.75 Å². The molecule has 5 heteroatoms. The van der Waals surface area contributed by atoms with Gasteiger partial charge in [0.15, 0.2) is 0 Å². The second-order valence-corrected chi connectivity index (χ2v) is 7.34. The molecular formula is C12H26N2O2S. The van der Waals surface area contributed by atoms with Crippen LogP contribution >= 0.6 is 0 Å². The molecule has 0 bridgehead atoms. The molecule has 102 valence electrons. The lowest BCUT2D eigenvalue weighted by atomic mass is 10.1. The van der Waals surface area contributed by atoms with Crippen molar-refractivity contribution in [2.75, 3.05) is 31.1 Å². The van der Waals surface area contributed by atoms with Crippen molar-refractivity contribution in [3.8, 4) is 0 Å². The first kappa shape index (κ1) is 14.9. The van der Waals surface area contributed by atoms with Gasteiger partial charge in [-0.1, -0.05) is 19.8 Å². The molecule has 1 rings (SSSR count). The highest BCUT2D eigenvalue weighted by atomic mass is 32.2. The van der Waals surface area contributed by atoms with Gasteiger partial charge in [-0.2, -0.15) is 0 Å². The zero-order chi connectivity index (χ0) is 12.7. The summed E-state index contributed by atoms with van der Waals surface area (Å²) >= 11 is 0. The standard InChI is InChI=1S/C12H26N2O2S/c1-2-17(15,16)10-6-9-14-8-5-3-4-7-12(14)11-13/h12H,2-11,13H2,1H3. The lowest BCUT2D eigenvalue weighted by Crippen LogP contribution is -2.41. The van der Waals surface area contributed by atoms with Crippen LogP contribution in [0.3, 0.4) is 0 Å². The van der Waals surface area contributed by atoms with Crippen molar-refractivity contribution in [2.24, 2.45) is 5.73 Å². The maximum Gasteiger partial charge on any atom is 0.150 e. The summed E-state index contributed by atoms with van der Waals surface area (Å²) in [5.74, 6) is 0.574. The van der Waals surface area contributed by atoms with Crippen LogP contribution in [0.15, 0.2) is 0 Å². The third-order valence-electron chi connectivity index (χ3n) is 3.61. The summed E-state index contributed by atoms with van der Waals surface area (Å²) < 4.78 is 22.8. The largest absolute Gasteiger partial charge is 0.329 e. The van der Waals surface area contributed by atoms with E-state index in [4.69, 9.17) is 5.73 Å². The lowest BCUT2D eigenvalue weighted by Gasteiger charge is -2.28. The van der Waals surface area contributed by atoms with Crippen LogP contribution in [-0.4, -0.2) is 50.5 Å². The van der Waals surface area contributed by atoms with Gasteiger partial charge >= 0.3 is 0 Å². The predicted octanol–water partition coefficient (Wildman–Crippen LogP) is 1.01. The molecule has 1 heterocycles. The fourth-order valence-electron chi connectivity index (χ4n) is 2.43. The molecule has 1 aliphatic heterocycles. The molecule has 1 aliphatic rings. The third kappa shape index (κ3) is 5.36. The summed E-state index contributed by atoms with van der Waals surface area (Å²) in [6.45, 7) is 4.36. The normalized spacial score (nSPS) is 23.5. The maximum atomic E-state index is 11.4. The molecule has 1 saturated heterocycles. The van der Waals surface area contributed by atoms with Gasteiger partial charge in [-0.15, -0.1) is 0 Å². The molecule has 0 amide bonds. The molecule has 0 radical (unpaired) electrons. The van der Waals surface area contributed by atoms with Gasteiger partial charge in [0, 0.05) is 18.3 Å². The zero-order valence-corrected chi connectivity index (χ0v) is 11.7. The van der Waals surface area contributed by atoms with Crippen LogP contribution in [0.25, 0.3) is 0 Å². The highest BCUT2D eigenvalue weighted by Crippen LogP contribution is 2.16. The average Bonchev–Trinajstić information content (AvgIpc) is 2.54. The lowest BCUT2D eigenvalue weighted by molar-refractivity contribution is 0.205. The molecule has 0 aliphatic carbocycles. The number of nitrogens with zero attached hydrogens (tertiary/aromatic N) is 1. The van der Waals surface area contributed by atoms with E-state index < -0.39 is 9.84 Å². The molecule has 1 unspecified atom stereocenters. The Bertz CT molecular complexity index is 304. The van der Waals surface area contributed by atoms with Gasteiger partial charge in [-0.05, 0) is 32.4 Å². The van der Waals surface area contributed by atoms with Crippen LogP contribution in [0.2, 0.25) is 0 Å². The Hall–Kier alpha value is -0.130. The third-order valence-corrected chi connectivity index (χ3v) is 5.40. The van der Waals surface area contributed by atoms with Crippen molar-refractivity contribution >= 4 is 9.84 Å². The van der Waals surface area contributed by atoms with Gasteiger partial charge in [0.25, 0.3) is 0 Å². The van der Waals surface area contributed by atoms with Crippen LogP contribution in [0.5, 0.6) is 0 Å². The summed E-state index contributed by atoms with van der Waals surface area (Å²) in [6, 6.07) is 0.460. The first-order valence-corrected chi connectivity index (χ1v) is 8.55. The van der Waals surface area contributed by atoms with E-state index in [1.807, 2.05) is 0 Å². The molecule has 1 fully saturated rings. The van der Waals surface area contributed by atoms with E-state index in [1.54, 1.807) is 6.92 Å². The Labute approximate surface area is 105 Å². The Morgan fingerprint density at radius 1 is 1.29 bits per heavy atom. The van der Waals surface area contributed by atoms with E-state index in [0.717, 1.165) is 25.9 Å². The fraction of sp³-hybridized carbons (Fsp3) is 1.00. The molecule has 0 aromatic carbocycles. The molecule has 4 nitrogen and oxygen atoms in total. The van der Waals surface area contributed by atoms with Gasteiger partial charge in [0.05, 0.1) is 5.75 Å². The van der Waals surface area contributed by atoms with E-state index in [0.29, 0.717) is 18.3 Å². The van der Waals surface area contributed by atoms with Crippen LogP contribution in [0.4, 0.5) is 0 Å². The van der Waals surface area contributed by atoms with E-state index >= 15 is 0 Å². The summed E-state index contributed by atoms with van der Waals surface area (Å²) in [6.07, 6.45) is 5.66. The van der Waals surface area contributed by atoms with E-state index in [2.05, 4.69) is 4.90 Å². The highest BCUT2D eigenvalue weighted by molar-refractivity contribution is 7.91. The summed E-state index contributed by atoms with van der Waals surface area (Å²) in [4.78, 5) is 2.39. The molecule has 2 N–H and O–H groups in total. The van der Waals surface area contributed by atoms with Crippen LogP contribution < -0.4 is 5.73 Å². The molecule has 0 saturated carbocycles. The highest BCUT2D eigenvalue weighted by Gasteiger charge is 2.19. The molecule has 1 atom stereocenters. The topological polar surface area (TPSA) is 63.4 Å². The monoisotopic (exact) mass is 262 g/mol. The Balaban J connectivity index is 2.37. The van der Waals surface area contributed by atoms with Gasteiger partial charge in [0.1, 0.15) is 9.84 Å². The van der Waals surface area contributed by atoms with Crippen molar-refractivity contribution in [3.63, 3.8) is 0 Å². The molecule has 0 spiro atoms. The second-order valence-electron chi connectivity index (χ2n) is 4.86. The summed E-state index contributed by atoms with van der Waals surface area (Å²) in [5.41, 5.74) is 5.79. The number of nitrogens with two attached hydrogens (primary N) is 1. The minimum Gasteiger partial charge on any atom is -0.329 e. The van der Waals surface area contributed by atoms with Crippen molar-refractivity contribution < 1.29 is 8.42 Å². The smallest absolute Gasteiger partial charge is 0.150 e. The SMILES string of the molecule is CCS(=O)(=O)CCCN1CCCCCC1CN. The quantitative estimate of drug-likeness (QED) is 0.776. The number of rotatable bonds is 6.